The molecule has 0 aromatic heterocycles. The van der Waals surface area contributed by atoms with Crippen LogP contribution < -0.4 is 5.32 Å². The summed E-state index contributed by atoms with van der Waals surface area (Å²) in [6.45, 7) is 13.5. The van der Waals surface area contributed by atoms with Crippen molar-refractivity contribution in [2.45, 2.75) is 66.8 Å². The van der Waals surface area contributed by atoms with Crippen molar-refractivity contribution >= 4 is 5.69 Å². The Hall–Kier alpha value is -0.980. The fourth-order valence-electron chi connectivity index (χ4n) is 2.59. The van der Waals surface area contributed by atoms with Gasteiger partial charge in [-0.1, -0.05) is 44.9 Å². The monoisotopic (exact) mass is 247 g/mol. The van der Waals surface area contributed by atoms with E-state index in [1.165, 1.54) is 41.6 Å². The minimum Gasteiger partial charge on any atom is -0.382 e. The SMILES string of the molecule is CCC(C)CC(CC)Nc1c(C)cc(C)cc1C. The molecule has 0 bridgehead atoms. The molecule has 1 N–H and O–H groups in total. The third-order valence-corrected chi connectivity index (χ3v) is 3.90. The molecule has 0 aliphatic heterocycles. The van der Waals surface area contributed by atoms with Crippen LogP contribution in [0.1, 0.15) is 56.7 Å². The molecule has 2 atom stereocenters. The fourth-order valence-corrected chi connectivity index (χ4v) is 2.59. The van der Waals surface area contributed by atoms with Crippen LogP contribution in [0, 0.1) is 26.7 Å². The van der Waals surface area contributed by atoms with Crippen LogP contribution in [0.25, 0.3) is 0 Å². The van der Waals surface area contributed by atoms with Gasteiger partial charge in [0, 0.05) is 11.7 Å². The van der Waals surface area contributed by atoms with Gasteiger partial charge in [0.05, 0.1) is 0 Å². The van der Waals surface area contributed by atoms with Crippen LogP contribution in [0.2, 0.25) is 0 Å². The molecule has 0 amide bonds. The molecule has 1 aromatic rings. The van der Waals surface area contributed by atoms with Gasteiger partial charge in [-0.15, -0.1) is 0 Å². The Kier molecular flexibility index (Phi) is 5.71. The summed E-state index contributed by atoms with van der Waals surface area (Å²) in [6, 6.07) is 5.14. The van der Waals surface area contributed by atoms with E-state index in [4.69, 9.17) is 0 Å². The van der Waals surface area contributed by atoms with Gasteiger partial charge in [-0.3, -0.25) is 0 Å². The van der Waals surface area contributed by atoms with Crippen molar-refractivity contribution in [3.63, 3.8) is 0 Å². The molecule has 0 saturated heterocycles. The summed E-state index contributed by atoms with van der Waals surface area (Å²) in [5, 5.41) is 3.76. The Morgan fingerprint density at radius 1 is 1.00 bits per heavy atom. The summed E-state index contributed by atoms with van der Waals surface area (Å²) < 4.78 is 0. The van der Waals surface area contributed by atoms with Gasteiger partial charge in [0.1, 0.15) is 0 Å². The molecule has 0 aliphatic carbocycles. The van der Waals surface area contributed by atoms with Crippen LogP contribution in [0.4, 0.5) is 5.69 Å². The Bertz CT molecular complexity index is 358. The zero-order chi connectivity index (χ0) is 13.7. The normalized spacial score (nSPS) is 14.3. The fraction of sp³-hybridized carbons (Fsp3) is 0.647. The lowest BCUT2D eigenvalue weighted by Gasteiger charge is -2.24. The van der Waals surface area contributed by atoms with Gasteiger partial charge in [0.25, 0.3) is 0 Å². The van der Waals surface area contributed by atoms with Crippen molar-refractivity contribution in [2.24, 2.45) is 5.92 Å². The van der Waals surface area contributed by atoms with Gasteiger partial charge in [0.15, 0.2) is 0 Å². The summed E-state index contributed by atoms with van der Waals surface area (Å²) >= 11 is 0. The predicted molar refractivity (Wildman–Crippen MR) is 82.4 cm³/mol. The van der Waals surface area contributed by atoms with Gasteiger partial charge in [-0.2, -0.15) is 0 Å². The number of nitrogens with one attached hydrogen (secondary N) is 1. The lowest BCUT2D eigenvalue weighted by atomic mass is 9.96. The molecule has 18 heavy (non-hydrogen) atoms. The first-order valence-electron chi connectivity index (χ1n) is 7.32. The zero-order valence-electron chi connectivity index (χ0n) is 12.9. The highest BCUT2D eigenvalue weighted by Crippen LogP contribution is 2.25. The Balaban J connectivity index is 2.82. The molecule has 0 radical (unpaired) electrons. The molecule has 0 spiro atoms. The molecule has 1 rings (SSSR count). The first-order chi connectivity index (χ1) is 8.47. The highest BCUT2D eigenvalue weighted by Gasteiger charge is 2.12. The molecule has 0 heterocycles. The summed E-state index contributed by atoms with van der Waals surface area (Å²) in [4.78, 5) is 0. The van der Waals surface area contributed by atoms with E-state index in [0.717, 1.165) is 5.92 Å². The van der Waals surface area contributed by atoms with E-state index in [-0.39, 0.29) is 0 Å². The second-order valence-corrected chi connectivity index (χ2v) is 5.77. The van der Waals surface area contributed by atoms with Crippen molar-refractivity contribution in [3.05, 3.63) is 28.8 Å². The van der Waals surface area contributed by atoms with E-state index >= 15 is 0 Å². The van der Waals surface area contributed by atoms with Crippen LogP contribution in [0.5, 0.6) is 0 Å². The molecule has 1 aromatic carbocycles. The number of benzene rings is 1. The molecular formula is C17H29N. The minimum absolute atomic E-state index is 0.597. The number of aryl methyl sites for hydroxylation is 3. The quantitative estimate of drug-likeness (QED) is 0.725. The van der Waals surface area contributed by atoms with Gasteiger partial charge in [-0.05, 0) is 50.7 Å². The maximum atomic E-state index is 3.76. The van der Waals surface area contributed by atoms with Crippen molar-refractivity contribution in [1.29, 1.82) is 0 Å². The predicted octanol–water partition coefficient (Wildman–Crippen LogP) is 5.24. The smallest absolute Gasteiger partial charge is 0.0401 e. The zero-order valence-corrected chi connectivity index (χ0v) is 12.9. The standard InChI is InChI=1S/C17H29N/c1-7-12(3)11-16(8-2)18-17-14(5)9-13(4)10-15(17)6/h9-10,12,16,18H,7-8,11H2,1-6H3. The van der Waals surface area contributed by atoms with E-state index in [2.05, 4.69) is 59.0 Å². The summed E-state index contributed by atoms with van der Waals surface area (Å²) in [5.41, 5.74) is 5.44. The minimum atomic E-state index is 0.597. The average molecular weight is 247 g/mol. The number of rotatable bonds is 6. The Morgan fingerprint density at radius 2 is 1.56 bits per heavy atom. The second-order valence-electron chi connectivity index (χ2n) is 5.77. The van der Waals surface area contributed by atoms with Crippen molar-refractivity contribution in [3.8, 4) is 0 Å². The van der Waals surface area contributed by atoms with Gasteiger partial charge in [0.2, 0.25) is 0 Å². The maximum Gasteiger partial charge on any atom is 0.0401 e. The highest BCUT2D eigenvalue weighted by atomic mass is 14.9. The van der Waals surface area contributed by atoms with E-state index < -0.39 is 0 Å². The van der Waals surface area contributed by atoms with Gasteiger partial charge < -0.3 is 5.32 Å². The lowest BCUT2D eigenvalue weighted by Crippen LogP contribution is -2.22. The van der Waals surface area contributed by atoms with E-state index in [0.29, 0.717) is 6.04 Å². The average Bonchev–Trinajstić information content (AvgIpc) is 2.31. The van der Waals surface area contributed by atoms with Crippen molar-refractivity contribution < 1.29 is 0 Å². The summed E-state index contributed by atoms with van der Waals surface area (Å²) in [7, 11) is 0. The number of hydrogen-bond donors (Lipinski definition) is 1. The Morgan fingerprint density at radius 3 is 2.00 bits per heavy atom. The number of anilines is 1. The summed E-state index contributed by atoms with van der Waals surface area (Å²) in [5.74, 6) is 0.800. The third-order valence-electron chi connectivity index (χ3n) is 3.90. The second kappa shape index (κ2) is 6.82. The van der Waals surface area contributed by atoms with Crippen LogP contribution in [0.3, 0.4) is 0 Å². The van der Waals surface area contributed by atoms with Crippen molar-refractivity contribution in [1.82, 2.24) is 0 Å². The van der Waals surface area contributed by atoms with Crippen molar-refractivity contribution in [2.75, 3.05) is 5.32 Å². The van der Waals surface area contributed by atoms with Crippen LogP contribution in [0.15, 0.2) is 12.1 Å². The van der Waals surface area contributed by atoms with Gasteiger partial charge >= 0.3 is 0 Å². The third kappa shape index (κ3) is 4.04. The molecule has 2 unspecified atom stereocenters. The van der Waals surface area contributed by atoms with Crippen LogP contribution in [-0.2, 0) is 0 Å². The molecule has 1 nitrogen and oxygen atoms in total. The topological polar surface area (TPSA) is 12.0 Å². The van der Waals surface area contributed by atoms with E-state index in [1.54, 1.807) is 0 Å². The lowest BCUT2D eigenvalue weighted by molar-refractivity contribution is 0.461. The van der Waals surface area contributed by atoms with Crippen LogP contribution >= 0.6 is 0 Å². The highest BCUT2D eigenvalue weighted by molar-refractivity contribution is 5.58. The molecule has 0 fully saturated rings. The molecular weight excluding hydrogens is 218 g/mol. The first kappa shape index (κ1) is 15.1. The van der Waals surface area contributed by atoms with Gasteiger partial charge in [-0.25, -0.2) is 0 Å². The number of hydrogen-bond acceptors (Lipinski definition) is 1. The molecule has 1 heteroatoms. The largest absolute Gasteiger partial charge is 0.382 e. The first-order valence-corrected chi connectivity index (χ1v) is 7.32. The molecule has 102 valence electrons. The molecule has 0 saturated carbocycles. The Labute approximate surface area is 113 Å². The van der Waals surface area contributed by atoms with Crippen LogP contribution in [-0.4, -0.2) is 6.04 Å². The molecule has 0 aliphatic rings. The van der Waals surface area contributed by atoms with E-state index in [9.17, 15) is 0 Å². The summed E-state index contributed by atoms with van der Waals surface area (Å²) in [6.07, 6.45) is 3.72. The van der Waals surface area contributed by atoms with E-state index in [1.807, 2.05) is 0 Å². The maximum absolute atomic E-state index is 3.76.